The number of fused-ring (bicyclic) bond motifs is 4. The van der Waals surface area contributed by atoms with Gasteiger partial charge in [0.1, 0.15) is 0 Å². The van der Waals surface area contributed by atoms with Crippen molar-refractivity contribution in [2.75, 3.05) is 0 Å². The van der Waals surface area contributed by atoms with E-state index in [1.54, 1.807) is 0 Å². The van der Waals surface area contributed by atoms with Gasteiger partial charge in [0.15, 0.2) is 17.5 Å². The van der Waals surface area contributed by atoms with E-state index >= 15 is 0 Å². The molecule has 1 aliphatic carbocycles. The first kappa shape index (κ1) is 28.0. The fraction of sp³-hybridized carbons (Fsp3) is 0. The van der Waals surface area contributed by atoms with Crippen molar-refractivity contribution in [2.24, 2.45) is 0 Å². The Labute approximate surface area is 294 Å². The van der Waals surface area contributed by atoms with Gasteiger partial charge in [-0.05, 0) is 68.1 Å². The Bertz CT molecular complexity index is 3020. The molecule has 0 atom stereocenters. The molecule has 0 radical (unpaired) electrons. The first-order valence-electron chi connectivity index (χ1n) is 17.3. The lowest BCUT2D eigenvalue weighted by atomic mass is 9.93. The predicted molar refractivity (Wildman–Crippen MR) is 210 cm³/mol. The van der Waals surface area contributed by atoms with Crippen molar-refractivity contribution in [3.63, 3.8) is 0 Å². The van der Waals surface area contributed by atoms with Crippen LogP contribution in [-0.2, 0) is 0 Å². The molecule has 1 aliphatic rings. The van der Waals surface area contributed by atoms with Crippen molar-refractivity contribution in [1.29, 1.82) is 0 Å². The van der Waals surface area contributed by atoms with Crippen molar-refractivity contribution in [2.45, 2.75) is 0 Å². The molecule has 8 aromatic carbocycles. The zero-order valence-corrected chi connectivity index (χ0v) is 27.5. The molecule has 0 saturated heterocycles. The lowest BCUT2D eigenvalue weighted by Gasteiger charge is -2.16. The SMILES string of the molecule is c1ccc(-c2nc(-c3ccccc3-n3c4cccc5c4c4c6c(cccc6ccc43)-c3ccccc3-5)nc(-c3cccc4ccccc34)n2)cc1. The van der Waals surface area contributed by atoms with E-state index in [1.807, 2.05) is 18.2 Å². The molecule has 0 fully saturated rings. The van der Waals surface area contributed by atoms with Crippen molar-refractivity contribution in [3.8, 4) is 62.1 Å². The summed E-state index contributed by atoms with van der Waals surface area (Å²) in [5, 5.41) is 7.33. The lowest BCUT2D eigenvalue weighted by Crippen LogP contribution is -2.04. The molecule has 51 heavy (non-hydrogen) atoms. The second kappa shape index (κ2) is 10.8. The third-order valence-corrected chi connectivity index (χ3v) is 10.4. The zero-order valence-electron chi connectivity index (χ0n) is 27.5. The topological polar surface area (TPSA) is 43.6 Å². The first-order valence-corrected chi connectivity index (χ1v) is 17.3. The minimum absolute atomic E-state index is 0.632. The van der Waals surface area contributed by atoms with Crippen LogP contribution in [0.3, 0.4) is 0 Å². The molecule has 0 amide bonds. The van der Waals surface area contributed by atoms with Crippen LogP contribution in [0.5, 0.6) is 0 Å². The Hall–Kier alpha value is -6.91. The number of hydrogen-bond donors (Lipinski definition) is 0. The van der Waals surface area contributed by atoms with Crippen molar-refractivity contribution >= 4 is 43.4 Å². The summed E-state index contributed by atoms with van der Waals surface area (Å²) in [6.07, 6.45) is 0. The van der Waals surface area contributed by atoms with Gasteiger partial charge in [0.25, 0.3) is 0 Å². The second-order valence-electron chi connectivity index (χ2n) is 13.2. The first-order chi connectivity index (χ1) is 25.3. The van der Waals surface area contributed by atoms with Gasteiger partial charge in [-0.1, -0.05) is 146 Å². The Morgan fingerprint density at radius 3 is 1.69 bits per heavy atom. The highest BCUT2D eigenvalue weighted by molar-refractivity contribution is 6.30. The van der Waals surface area contributed by atoms with Crippen LogP contribution in [0.15, 0.2) is 170 Å². The van der Waals surface area contributed by atoms with Crippen LogP contribution in [0.1, 0.15) is 0 Å². The Balaban J connectivity index is 1.23. The summed E-state index contributed by atoms with van der Waals surface area (Å²) in [5.74, 6) is 1.92. The molecule has 4 nitrogen and oxygen atoms in total. The zero-order chi connectivity index (χ0) is 33.5. The van der Waals surface area contributed by atoms with Gasteiger partial charge in [0.2, 0.25) is 0 Å². The van der Waals surface area contributed by atoms with Crippen LogP contribution in [0.25, 0.3) is 105 Å². The lowest BCUT2D eigenvalue weighted by molar-refractivity contribution is 1.07. The summed E-state index contributed by atoms with van der Waals surface area (Å²) in [4.78, 5) is 15.6. The summed E-state index contributed by atoms with van der Waals surface area (Å²) in [5.41, 5.74) is 11.2. The van der Waals surface area contributed by atoms with Gasteiger partial charge in [0, 0.05) is 27.5 Å². The van der Waals surface area contributed by atoms with Crippen LogP contribution in [0, 0.1) is 0 Å². The fourth-order valence-corrected chi connectivity index (χ4v) is 8.20. The minimum Gasteiger partial charge on any atom is -0.308 e. The number of hydrogen-bond acceptors (Lipinski definition) is 3. The molecule has 2 heterocycles. The van der Waals surface area contributed by atoms with Gasteiger partial charge in [-0.3, -0.25) is 0 Å². The normalized spacial score (nSPS) is 11.9. The molecule has 2 aromatic heterocycles. The van der Waals surface area contributed by atoms with Crippen molar-refractivity contribution in [3.05, 3.63) is 170 Å². The fourth-order valence-electron chi connectivity index (χ4n) is 8.20. The smallest absolute Gasteiger partial charge is 0.166 e. The van der Waals surface area contributed by atoms with Gasteiger partial charge in [-0.25, -0.2) is 15.0 Å². The quantitative estimate of drug-likeness (QED) is 0.191. The molecular formula is C47H28N4. The van der Waals surface area contributed by atoms with Gasteiger partial charge in [-0.2, -0.15) is 0 Å². The largest absolute Gasteiger partial charge is 0.308 e. The molecule has 0 aliphatic heterocycles. The van der Waals surface area contributed by atoms with E-state index in [0.717, 1.165) is 44.2 Å². The maximum Gasteiger partial charge on any atom is 0.166 e. The molecule has 11 rings (SSSR count). The van der Waals surface area contributed by atoms with Gasteiger partial charge >= 0.3 is 0 Å². The van der Waals surface area contributed by atoms with Crippen LogP contribution in [0.4, 0.5) is 0 Å². The van der Waals surface area contributed by atoms with Crippen molar-refractivity contribution < 1.29 is 0 Å². The third kappa shape index (κ3) is 4.11. The molecule has 0 unspecified atom stereocenters. The molecule has 0 spiro atoms. The van der Waals surface area contributed by atoms with Gasteiger partial charge in [0.05, 0.1) is 16.7 Å². The van der Waals surface area contributed by atoms with E-state index in [2.05, 4.69) is 156 Å². The highest BCUT2D eigenvalue weighted by Crippen LogP contribution is 2.50. The van der Waals surface area contributed by atoms with E-state index in [0.29, 0.717) is 17.5 Å². The highest BCUT2D eigenvalue weighted by Gasteiger charge is 2.26. The molecule has 0 bridgehead atoms. The summed E-state index contributed by atoms with van der Waals surface area (Å²) in [6.45, 7) is 0. The van der Waals surface area contributed by atoms with E-state index in [9.17, 15) is 0 Å². The average Bonchev–Trinajstić information content (AvgIpc) is 3.48. The molecule has 4 heteroatoms. The molecular weight excluding hydrogens is 621 g/mol. The maximum absolute atomic E-state index is 5.27. The number of rotatable bonds is 4. The van der Waals surface area contributed by atoms with Gasteiger partial charge < -0.3 is 4.57 Å². The van der Waals surface area contributed by atoms with E-state index in [-0.39, 0.29) is 0 Å². The summed E-state index contributed by atoms with van der Waals surface area (Å²) in [7, 11) is 0. The molecule has 236 valence electrons. The maximum atomic E-state index is 5.27. The molecule has 0 saturated carbocycles. The minimum atomic E-state index is 0.632. The summed E-state index contributed by atoms with van der Waals surface area (Å²) in [6, 6.07) is 60.2. The van der Waals surface area contributed by atoms with Crippen molar-refractivity contribution in [1.82, 2.24) is 19.5 Å². The summed E-state index contributed by atoms with van der Waals surface area (Å²) < 4.78 is 2.41. The van der Waals surface area contributed by atoms with Crippen LogP contribution in [0.2, 0.25) is 0 Å². The van der Waals surface area contributed by atoms with E-state index in [4.69, 9.17) is 15.0 Å². The van der Waals surface area contributed by atoms with Crippen LogP contribution in [-0.4, -0.2) is 19.5 Å². The Morgan fingerprint density at radius 2 is 0.863 bits per heavy atom. The Morgan fingerprint density at radius 1 is 0.314 bits per heavy atom. The van der Waals surface area contributed by atoms with Crippen LogP contribution >= 0.6 is 0 Å². The number of para-hydroxylation sites is 1. The number of nitrogens with zero attached hydrogens (tertiary/aromatic N) is 4. The average molecular weight is 649 g/mol. The number of aromatic nitrogens is 4. The predicted octanol–water partition coefficient (Wildman–Crippen LogP) is 11.9. The standard InChI is InChI=1S/C47H28N4/c1-2-14-31(15-3-1)45-48-46(37-24-10-16-29-13-4-5-18-32(29)37)50-47(49-45)38-21-8-9-25-39(38)51-40-26-12-23-36-34-20-7-6-19-33(34)35-22-11-17-30-27-28-41(51)44(42(30)35)43(36)40/h1-28H. The Kier molecular flexibility index (Phi) is 5.92. The number of benzene rings is 8. The highest BCUT2D eigenvalue weighted by atomic mass is 15.1. The van der Waals surface area contributed by atoms with E-state index in [1.165, 1.54) is 43.8 Å². The van der Waals surface area contributed by atoms with Crippen LogP contribution < -0.4 is 0 Å². The van der Waals surface area contributed by atoms with E-state index < -0.39 is 0 Å². The third-order valence-electron chi connectivity index (χ3n) is 10.4. The summed E-state index contributed by atoms with van der Waals surface area (Å²) >= 11 is 0. The van der Waals surface area contributed by atoms with Gasteiger partial charge in [-0.15, -0.1) is 0 Å². The molecule has 10 aromatic rings. The second-order valence-corrected chi connectivity index (χ2v) is 13.2. The monoisotopic (exact) mass is 648 g/mol. The molecule has 0 N–H and O–H groups in total.